The molecule has 0 saturated carbocycles. The molecule has 2 aromatic rings. The van der Waals surface area contributed by atoms with Gasteiger partial charge in [0.1, 0.15) is 11.5 Å². The van der Waals surface area contributed by atoms with E-state index in [4.69, 9.17) is 9.47 Å². The third-order valence-corrected chi connectivity index (χ3v) is 6.57. The van der Waals surface area contributed by atoms with Gasteiger partial charge in [0.2, 0.25) is 5.91 Å². The van der Waals surface area contributed by atoms with Gasteiger partial charge < -0.3 is 14.4 Å². The lowest BCUT2D eigenvalue weighted by atomic mass is 10.0. The van der Waals surface area contributed by atoms with Gasteiger partial charge in [0.25, 0.3) is 0 Å². The van der Waals surface area contributed by atoms with Gasteiger partial charge in [-0.25, -0.2) is 0 Å². The molecule has 0 bridgehead atoms. The highest BCUT2D eigenvalue weighted by Crippen LogP contribution is 2.39. The number of likely N-dealkylation sites (tertiary alicyclic amines) is 1. The Kier molecular flexibility index (Phi) is 6.48. The Balaban J connectivity index is 1.75. The standard InChI is InChI=1S/C20H22BrNO3S/c1-24-14-9-10-18(25-2)15(12-14)17-7-5-11-22(17)20(23)13-26-19-8-4-3-6-16(19)21/h3-4,6,8-10,12,17H,5,7,11,13H2,1-2H3. The molecule has 1 atom stereocenters. The number of thioether (sulfide) groups is 1. The first kappa shape index (κ1) is 19.1. The van der Waals surface area contributed by atoms with E-state index in [1.54, 1.807) is 26.0 Å². The van der Waals surface area contributed by atoms with Crippen LogP contribution in [0.5, 0.6) is 11.5 Å². The highest BCUT2D eigenvalue weighted by Gasteiger charge is 2.32. The van der Waals surface area contributed by atoms with E-state index in [1.165, 1.54) is 0 Å². The molecule has 26 heavy (non-hydrogen) atoms. The number of hydrogen-bond donors (Lipinski definition) is 0. The number of methoxy groups -OCH3 is 2. The maximum Gasteiger partial charge on any atom is 0.233 e. The van der Waals surface area contributed by atoms with Crippen molar-refractivity contribution in [1.29, 1.82) is 0 Å². The van der Waals surface area contributed by atoms with Crippen molar-refractivity contribution < 1.29 is 14.3 Å². The molecule has 1 unspecified atom stereocenters. The van der Waals surface area contributed by atoms with Crippen LogP contribution >= 0.6 is 27.7 Å². The molecule has 0 radical (unpaired) electrons. The smallest absolute Gasteiger partial charge is 0.233 e. The Bertz CT molecular complexity index is 783. The molecule has 138 valence electrons. The third kappa shape index (κ3) is 4.18. The largest absolute Gasteiger partial charge is 0.497 e. The van der Waals surface area contributed by atoms with Gasteiger partial charge in [0, 0.05) is 21.5 Å². The van der Waals surface area contributed by atoms with Crippen LogP contribution in [0.2, 0.25) is 0 Å². The van der Waals surface area contributed by atoms with Crippen molar-refractivity contribution in [3.8, 4) is 11.5 Å². The fourth-order valence-corrected chi connectivity index (χ4v) is 4.73. The van der Waals surface area contributed by atoms with Crippen molar-refractivity contribution >= 4 is 33.6 Å². The Morgan fingerprint density at radius 3 is 2.77 bits per heavy atom. The first-order valence-electron chi connectivity index (χ1n) is 8.52. The maximum atomic E-state index is 12.9. The first-order valence-corrected chi connectivity index (χ1v) is 10.3. The molecule has 0 aromatic heterocycles. The van der Waals surface area contributed by atoms with Crippen molar-refractivity contribution in [2.75, 3.05) is 26.5 Å². The minimum atomic E-state index is 0.0346. The van der Waals surface area contributed by atoms with Crippen LogP contribution in [0.25, 0.3) is 0 Å². The Labute approximate surface area is 167 Å². The average Bonchev–Trinajstić information content (AvgIpc) is 3.16. The summed E-state index contributed by atoms with van der Waals surface area (Å²) in [6.45, 7) is 0.778. The molecular formula is C20H22BrNO3S. The number of rotatable bonds is 6. The number of ether oxygens (including phenoxy) is 2. The molecule has 2 aromatic carbocycles. The summed E-state index contributed by atoms with van der Waals surface area (Å²) >= 11 is 5.10. The van der Waals surface area contributed by atoms with Crippen LogP contribution in [0.1, 0.15) is 24.4 Å². The van der Waals surface area contributed by atoms with Crippen molar-refractivity contribution in [3.63, 3.8) is 0 Å². The fourth-order valence-electron chi connectivity index (χ4n) is 3.27. The lowest BCUT2D eigenvalue weighted by Gasteiger charge is -2.26. The lowest BCUT2D eigenvalue weighted by Crippen LogP contribution is -2.32. The summed E-state index contributed by atoms with van der Waals surface area (Å²) in [5.41, 5.74) is 1.02. The van der Waals surface area contributed by atoms with Crippen LogP contribution < -0.4 is 9.47 Å². The average molecular weight is 436 g/mol. The topological polar surface area (TPSA) is 38.8 Å². The van der Waals surface area contributed by atoms with Gasteiger partial charge in [-0.2, -0.15) is 0 Å². The van der Waals surface area contributed by atoms with E-state index < -0.39 is 0 Å². The molecule has 1 aliphatic rings. The Morgan fingerprint density at radius 1 is 1.23 bits per heavy atom. The third-order valence-electron chi connectivity index (χ3n) is 4.56. The highest BCUT2D eigenvalue weighted by atomic mass is 79.9. The summed E-state index contributed by atoms with van der Waals surface area (Å²) < 4.78 is 11.9. The van der Waals surface area contributed by atoms with Gasteiger partial charge in [-0.15, -0.1) is 11.8 Å². The van der Waals surface area contributed by atoms with Gasteiger partial charge >= 0.3 is 0 Å². The molecule has 0 aliphatic carbocycles. The highest BCUT2D eigenvalue weighted by molar-refractivity contribution is 9.10. The van der Waals surface area contributed by atoms with Gasteiger partial charge in [-0.1, -0.05) is 12.1 Å². The zero-order chi connectivity index (χ0) is 18.5. The van der Waals surface area contributed by atoms with Gasteiger partial charge in [-0.05, 0) is 59.1 Å². The Hall–Kier alpha value is -1.66. The number of carbonyl (C=O) groups excluding carboxylic acids is 1. The zero-order valence-electron chi connectivity index (χ0n) is 14.9. The van der Waals surface area contributed by atoms with Crippen LogP contribution in [0.3, 0.4) is 0 Å². The van der Waals surface area contributed by atoms with E-state index in [-0.39, 0.29) is 11.9 Å². The van der Waals surface area contributed by atoms with E-state index in [2.05, 4.69) is 15.9 Å². The van der Waals surface area contributed by atoms with Gasteiger partial charge in [0.15, 0.2) is 0 Å². The van der Waals surface area contributed by atoms with Crippen LogP contribution in [0.15, 0.2) is 51.8 Å². The summed E-state index contributed by atoms with van der Waals surface area (Å²) in [6, 6.07) is 13.8. The summed E-state index contributed by atoms with van der Waals surface area (Å²) in [5, 5.41) is 0. The summed E-state index contributed by atoms with van der Waals surface area (Å²) in [5.74, 6) is 2.15. The molecule has 1 heterocycles. The fraction of sp³-hybridized carbons (Fsp3) is 0.350. The normalized spacial score (nSPS) is 16.6. The second-order valence-electron chi connectivity index (χ2n) is 6.07. The second kappa shape index (κ2) is 8.82. The van der Waals surface area contributed by atoms with Gasteiger partial charge in [0.05, 0.1) is 26.0 Å². The molecule has 0 N–H and O–H groups in total. The number of hydrogen-bond acceptors (Lipinski definition) is 4. The molecule has 1 amide bonds. The van der Waals surface area contributed by atoms with Gasteiger partial charge in [-0.3, -0.25) is 4.79 Å². The quantitative estimate of drug-likeness (QED) is 0.603. The predicted octanol–water partition coefficient (Wildman–Crippen LogP) is 4.92. The van der Waals surface area contributed by atoms with E-state index in [0.717, 1.165) is 45.8 Å². The summed E-state index contributed by atoms with van der Waals surface area (Å²) in [7, 11) is 3.31. The van der Waals surface area contributed by atoms with Crippen LogP contribution in [0.4, 0.5) is 0 Å². The SMILES string of the molecule is COc1ccc(OC)c(C2CCCN2C(=O)CSc2ccccc2Br)c1. The number of nitrogens with zero attached hydrogens (tertiary/aromatic N) is 1. The monoisotopic (exact) mass is 435 g/mol. The molecule has 0 spiro atoms. The number of carbonyl (C=O) groups is 1. The second-order valence-corrected chi connectivity index (χ2v) is 7.94. The van der Waals surface area contributed by atoms with Crippen molar-refractivity contribution in [2.45, 2.75) is 23.8 Å². The first-order chi connectivity index (χ1) is 12.6. The molecular weight excluding hydrogens is 414 g/mol. The summed E-state index contributed by atoms with van der Waals surface area (Å²) in [6.07, 6.45) is 1.94. The zero-order valence-corrected chi connectivity index (χ0v) is 17.3. The molecule has 1 aliphatic heterocycles. The molecule has 6 heteroatoms. The van der Waals surface area contributed by atoms with Crippen LogP contribution in [-0.4, -0.2) is 37.3 Å². The van der Waals surface area contributed by atoms with Crippen molar-refractivity contribution in [2.24, 2.45) is 0 Å². The van der Waals surface area contributed by atoms with Crippen LogP contribution in [0, 0.1) is 0 Å². The maximum absolute atomic E-state index is 12.9. The molecule has 1 saturated heterocycles. The molecule has 3 rings (SSSR count). The van der Waals surface area contributed by atoms with E-state index in [9.17, 15) is 4.79 Å². The van der Waals surface area contributed by atoms with E-state index in [1.807, 2.05) is 47.4 Å². The van der Waals surface area contributed by atoms with Crippen LogP contribution in [-0.2, 0) is 4.79 Å². The molecule has 1 fully saturated rings. The lowest BCUT2D eigenvalue weighted by molar-refractivity contribution is -0.129. The number of amides is 1. The Morgan fingerprint density at radius 2 is 2.04 bits per heavy atom. The minimum absolute atomic E-state index is 0.0346. The number of benzene rings is 2. The van der Waals surface area contributed by atoms with Crippen molar-refractivity contribution in [1.82, 2.24) is 4.90 Å². The van der Waals surface area contributed by atoms with E-state index in [0.29, 0.717) is 5.75 Å². The summed E-state index contributed by atoms with van der Waals surface area (Å²) in [4.78, 5) is 15.9. The minimum Gasteiger partial charge on any atom is -0.497 e. The van der Waals surface area contributed by atoms with Crippen molar-refractivity contribution in [3.05, 3.63) is 52.5 Å². The van der Waals surface area contributed by atoms with E-state index >= 15 is 0 Å². The molecule has 4 nitrogen and oxygen atoms in total. The predicted molar refractivity (Wildman–Crippen MR) is 108 cm³/mol. The number of halogens is 1.